The van der Waals surface area contributed by atoms with E-state index in [1.165, 1.54) is 16.2 Å². The van der Waals surface area contributed by atoms with Crippen molar-refractivity contribution in [3.63, 3.8) is 0 Å². The molecule has 58 heavy (non-hydrogen) atoms. The molecular weight excluding hydrogens is 709 g/mol. The smallest absolute Gasteiger partial charge is 0.135 e. The van der Waals surface area contributed by atoms with E-state index in [9.17, 15) is 0 Å². The van der Waals surface area contributed by atoms with E-state index in [-0.39, 0.29) is 0 Å². The number of rotatable bonds is 5. The van der Waals surface area contributed by atoms with Crippen LogP contribution in [-0.2, 0) is 0 Å². The standard InChI is InChI=1S/C53H32N4O/c1-2-10-38(11-3-1)57(40-26-29-49-45(32-40)41-12-5-7-15-48(41)58-49)39-24-20-35(21-25-39)51-43-27-22-33-16-19-37(31-44(33)50(43)42-13-4-6-14-47(42)56-51)46-28-23-36-18-17-34-9-8-30-54-52(34)53(36)55-46/h1-32H. The Kier molecular flexibility index (Phi) is 7.16. The maximum absolute atomic E-state index is 6.18. The van der Waals surface area contributed by atoms with Gasteiger partial charge in [-0.1, -0.05) is 115 Å². The van der Waals surface area contributed by atoms with Crippen molar-refractivity contribution < 1.29 is 4.42 Å². The average Bonchev–Trinajstić information content (AvgIpc) is 3.67. The molecule has 0 aliphatic carbocycles. The second-order valence-corrected chi connectivity index (χ2v) is 14.8. The summed E-state index contributed by atoms with van der Waals surface area (Å²) in [6.45, 7) is 0. The number of fused-ring (bicyclic) bond motifs is 11. The van der Waals surface area contributed by atoms with E-state index in [2.05, 4.69) is 175 Å². The highest BCUT2D eigenvalue weighted by Crippen LogP contribution is 2.42. The highest BCUT2D eigenvalue weighted by atomic mass is 16.3. The molecule has 0 bridgehead atoms. The van der Waals surface area contributed by atoms with Crippen LogP contribution in [0.5, 0.6) is 0 Å². The zero-order chi connectivity index (χ0) is 38.2. The molecule has 4 heterocycles. The summed E-state index contributed by atoms with van der Waals surface area (Å²) in [6.07, 6.45) is 1.84. The number of aromatic nitrogens is 3. The van der Waals surface area contributed by atoms with Gasteiger partial charge in [-0.3, -0.25) is 4.98 Å². The summed E-state index contributed by atoms with van der Waals surface area (Å²) in [7, 11) is 0. The quantitative estimate of drug-likeness (QED) is 0.164. The van der Waals surface area contributed by atoms with Crippen molar-refractivity contribution in [3.8, 4) is 22.5 Å². The summed E-state index contributed by atoms with van der Waals surface area (Å²) in [5.74, 6) is 0. The van der Waals surface area contributed by atoms with E-state index in [4.69, 9.17) is 19.4 Å². The van der Waals surface area contributed by atoms with Crippen molar-refractivity contribution in [1.82, 2.24) is 15.0 Å². The van der Waals surface area contributed by atoms with Crippen LogP contribution in [-0.4, -0.2) is 15.0 Å². The highest BCUT2D eigenvalue weighted by molar-refractivity contribution is 6.23. The molecule has 0 radical (unpaired) electrons. The summed E-state index contributed by atoms with van der Waals surface area (Å²) in [5, 5.41) is 10.1. The van der Waals surface area contributed by atoms with E-state index < -0.39 is 0 Å². The Labute approximate surface area is 333 Å². The van der Waals surface area contributed by atoms with Crippen LogP contribution in [0.2, 0.25) is 0 Å². The lowest BCUT2D eigenvalue weighted by atomic mass is 9.93. The SMILES string of the molecule is c1ccc(N(c2ccc(-c3nc4ccccc4c4c3ccc3ccc(-c5ccc6ccc7cccnc7c6n5)cc34)cc2)c2ccc3oc4ccccc4c3c2)cc1. The molecule has 5 nitrogen and oxygen atoms in total. The minimum Gasteiger partial charge on any atom is -0.456 e. The van der Waals surface area contributed by atoms with Crippen LogP contribution in [0.25, 0.3) is 98.7 Å². The first kappa shape index (κ1) is 32.4. The summed E-state index contributed by atoms with van der Waals surface area (Å²) < 4.78 is 6.18. The number of para-hydroxylation sites is 3. The molecule has 0 unspecified atom stereocenters. The van der Waals surface area contributed by atoms with E-state index in [1.54, 1.807) is 0 Å². The summed E-state index contributed by atoms with van der Waals surface area (Å²) in [4.78, 5) is 17.5. The van der Waals surface area contributed by atoms with Crippen molar-refractivity contribution in [2.45, 2.75) is 0 Å². The normalized spacial score (nSPS) is 11.8. The van der Waals surface area contributed by atoms with Gasteiger partial charge in [0.05, 0.1) is 27.9 Å². The Morgan fingerprint density at radius 3 is 1.98 bits per heavy atom. The number of hydrogen-bond donors (Lipinski definition) is 0. The Morgan fingerprint density at radius 2 is 1.09 bits per heavy atom. The van der Waals surface area contributed by atoms with Gasteiger partial charge in [0.15, 0.2) is 0 Å². The third-order valence-electron chi connectivity index (χ3n) is 11.4. The number of benzene rings is 8. The number of nitrogens with zero attached hydrogens (tertiary/aromatic N) is 4. The Bertz CT molecular complexity index is 3580. The van der Waals surface area contributed by atoms with Gasteiger partial charge in [0, 0.05) is 72.1 Å². The van der Waals surface area contributed by atoms with Crippen LogP contribution in [0.4, 0.5) is 17.1 Å². The molecule has 0 aliphatic heterocycles. The predicted molar refractivity (Wildman–Crippen MR) is 240 cm³/mol. The molecule has 0 amide bonds. The maximum Gasteiger partial charge on any atom is 0.135 e. The molecule has 12 rings (SSSR count). The van der Waals surface area contributed by atoms with Crippen molar-refractivity contribution in [3.05, 3.63) is 194 Å². The fraction of sp³-hybridized carbons (Fsp3) is 0. The number of furan rings is 1. The van der Waals surface area contributed by atoms with Crippen LogP contribution < -0.4 is 4.90 Å². The topological polar surface area (TPSA) is 55.1 Å². The molecule has 0 saturated carbocycles. The predicted octanol–water partition coefficient (Wildman–Crippen LogP) is 14.3. The van der Waals surface area contributed by atoms with Crippen molar-refractivity contribution >= 4 is 93.3 Å². The van der Waals surface area contributed by atoms with Crippen molar-refractivity contribution in [2.24, 2.45) is 0 Å². The molecule has 5 heteroatoms. The maximum atomic E-state index is 6.18. The first-order valence-corrected chi connectivity index (χ1v) is 19.5. The van der Waals surface area contributed by atoms with E-state index in [0.29, 0.717) is 0 Å². The number of pyridine rings is 3. The van der Waals surface area contributed by atoms with Gasteiger partial charge in [-0.15, -0.1) is 0 Å². The van der Waals surface area contributed by atoms with Crippen molar-refractivity contribution in [2.75, 3.05) is 4.90 Å². The minimum atomic E-state index is 0.877. The lowest BCUT2D eigenvalue weighted by molar-refractivity contribution is 0.669. The molecule has 0 fully saturated rings. The lowest BCUT2D eigenvalue weighted by Crippen LogP contribution is -2.09. The lowest BCUT2D eigenvalue weighted by Gasteiger charge is -2.25. The molecule has 0 aliphatic rings. The fourth-order valence-electron chi connectivity index (χ4n) is 8.68. The van der Waals surface area contributed by atoms with Crippen molar-refractivity contribution in [1.29, 1.82) is 0 Å². The summed E-state index contributed by atoms with van der Waals surface area (Å²) >= 11 is 0. The Balaban J connectivity index is 1.01. The number of anilines is 3. The van der Waals surface area contributed by atoms with Crippen LogP contribution in [0.1, 0.15) is 0 Å². The fourth-order valence-corrected chi connectivity index (χ4v) is 8.68. The van der Waals surface area contributed by atoms with Gasteiger partial charge < -0.3 is 9.32 Å². The molecule has 0 saturated heterocycles. The van der Waals surface area contributed by atoms with Crippen LogP contribution in [0, 0.1) is 0 Å². The first-order chi connectivity index (χ1) is 28.7. The van der Waals surface area contributed by atoms with Gasteiger partial charge in [-0.2, -0.15) is 0 Å². The molecule has 0 N–H and O–H groups in total. The van der Waals surface area contributed by atoms with Gasteiger partial charge in [-0.25, -0.2) is 9.97 Å². The number of hydrogen-bond acceptors (Lipinski definition) is 5. The summed E-state index contributed by atoms with van der Waals surface area (Å²) in [6, 6.07) is 66.1. The second-order valence-electron chi connectivity index (χ2n) is 14.8. The molecule has 0 spiro atoms. The highest BCUT2D eigenvalue weighted by Gasteiger charge is 2.18. The van der Waals surface area contributed by atoms with Crippen LogP contribution >= 0.6 is 0 Å². The molecule has 4 aromatic heterocycles. The van der Waals surface area contributed by atoms with Crippen LogP contribution in [0.3, 0.4) is 0 Å². The van der Waals surface area contributed by atoms with Gasteiger partial charge in [-0.05, 0) is 83.6 Å². The van der Waals surface area contributed by atoms with Crippen LogP contribution in [0.15, 0.2) is 199 Å². The van der Waals surface area contributed by atoms with E-state index in [1.807, 2.05) is 24.4 Å². The second kappa shape index (κ2) is 12.8. The zero-order valence-corrected chi connectivity index (χ0v) is 31.2. The Hall–Kier alpha value is -7.89. The first-order valence-electron chi connectivity index (χ1n) is 19.5. The monoisotopic (exact) mass is 740 g/mol. The molecule has 12 aromatic rings. The zero-order valence-electron chi connectivity index (χ0n) is 31.2. The largest absolute Gasteiger partial charge is 0.456 e. The molecule has 8 aromatic carbocycles. The van der Waals surface area contributed by atoms with Gasteiger partial charge in [0.1, 0.15) is 11.2 Å². The minimum absolute atomic E-state index is 0.877. The third-order valence-corrected chi connectivity index (χ3v) is 11.4. The van der Waals surface area contributed by atoms with Gasteiger partial charge in [0.2, 0.25) is 0 Å². The average molecular weight is 741 g/mol. The molecular formula is C53H32N4O. The molecule has 270 valence electrons. The third kappa shape index (κ3) is 5.14. The Morgan fingerprint density at radius 1 is 0.397 bits per heavy atom. The summed E-state index contributed by atoms with van der Waals surface area (Å²) in [5.41, 5.74) is 11.7. The van der Waals surface area contributed by atoms with E-state index >= 15 is 0 Å². The van der Waals surface area contributed by atoms with Gasteiger partial charge >= 0.3 is 0 Å². The van der Waals surface area contributed by atoms with E-state index in [0.717, 1.165) is 99.6 Å². The molecule has 0 atom stereocenters. The van der Waals surface area contributed by atoms with Gasteiger partial charge in [0.25, 0.3) is 0 Å².